The van der Waals surface area contributed by atoms with E-state index >= 15 is 0 Å². The molecule has 30 heavy (non-hydrogen) atoms. The number of hydrogen-bond donors (Lipinski definition) is 1. The highest BCUT2D eigenvalue weighted by Crippen LogP contribution is 2.31. The van der Waals surface area contributed by atoms with Gasteiger partial charge in [-0.15, -0.1) is 0 Å². The quantitative estimate of drug-likeness (QED) is 0.587. The zero-order valence-corrected chi connectivity index (χ0v) is 19.6. The maximum Gasteiger partial charge on any atom is 0.252 e. The lowest BCUT2D eigenvalue weighted by Gasteiger charge is -2.26. The van der Waals surface area contributed by atoms with Gasteiger partial charge in [-0.25, -0.2) is 8.42 Å². The van der Waals surface area contributed by atoms with E-state index < -0.39 is 15.9 Å². The van der Waals surface area contributed by atoms with Crippen LogP contribution in [0.2, 0.25) is 15.1 Å². The van der Waals surface area contributed by atoms with E-state index in [1.807, 2.05) is 6.92 Å². The SMILES string of the molecule is Cc1nn(CCCNC(=O)c2cc(S(=O)(=O)N3CCCCC3)c(Cl)cc2Cl)cc1Cl. The molecule has 0 spiro atoms. The molecular formula is C19H23Cl3N4O3S. The Kier molecular flexibility index (Phi) is 7.68. The fourth-order valence-electron chi connectivity index (χ4n) is 3.29. The molecule has 1 aliphatic heterocycles. The number of aromatic nitrogens is 2. The third-order valence-corrected chi connectivity index (χ3v) is 7.98. The van der Waals surface area contributed by atoms with Crippen LogP contribution in [0.4, 0.5) is 0 Å². The molecule has 7 nitrogen and oxygen atoms in total. The van der Waals surface area contributed by atoms with Crippen LogP contribution < -0.4 is 5.32 Å². The molecular weight excluding hydrogens is 471 g/mol. The van der Waals surface area contributed by atoms with Gasteiger partial charge in [-0.2, -0.15) is 9.40 Å². The van der Waals surface area contributed by atoms with Crippen molar-refractivity contribution in [3.63, 3.8) is 0 Å². The Morgan fingerprint density at radius 2 is 1.80 bits per heavy atom. The molecule has 0 aliphatic carbocycles. The molecule has 0 unspecified atom stereocenters. The molecule has 0 radical (unpaired) electrons. The average molecular weight is 494 g/mol. The number of piperidine rings is 1. The standard InChI is InChI=1S/C19H23Cl3N4O3S/c1-13-17(22)12-25(24-13)7-5-6-23-19(27)14-10-18(16(21)11-15(14)20)30(28,29)26-8-3-2-4-9-26/h10-12H,2-9H2,1H3,(H,23,27). The number of benzene rings is 1. The zero-order valence-electron chi connectivity index (χ0n) is 16.5. The second-order valence-electron chi connectivity index (χ2n) is 7.16. The summed E-state index contributed by atoms with van der Waals surface area (Å²) in [6, 6.07) is 2.57. The van der Waals surface area contributed by atoms with Gasteiger partial charge in [0.15, 0.2) is 0 Å². The number of carbonyl (C=O) groups excluding carboxylic acids is 1. The predicted molar refractivity (Wildman–Crippen MR) is 118 cm³/mol. The van der Waals surface area contributed by atoms with E-state index in [1.165, 1.54) is 16.4 Å². The molecule has 0 saturated carbocycles. The molecule has 0 atom stereocenters. The number of rotatable bonds is 7. The van der Waals surface area contributed by atoms with Crippen LogP contribution in [-0.4, -0.2) is 48.0 Å². The van der Waals surface area contributed by atoms with E-state index in [-0.39, 0.29) is 20.5 Å². The lowest BCUT2D eigenvalue weighted by Crippen LogP contribution is -2.36. The summed E-state index contributed by atoms with van der Waals surface area (Å²) in [5.74, 6) is -0.457. The van der Waals surface area contributed by atoms with Crippen molar-refractivity contribution in [3.8, 4) is 0 Å². The molecule has 0 bridgehead atoms. The number of nitrogens with one attached hydrogen (secondary N) is 1. The molecule has 2 aromatic rings. The number of carbonyl (C=O) groups is 1. The van der Waals surface area contributed by atoms with Crippen LogP contribution in [0.25, 0.3) is 0 Å². The highest BCUT2D eigenvalue weighted by molar-refractivity contribution is 7.89. The number of nitrogens with zero attached hydrogens (tertiary/aromatic N) is 3. The first-order chi connectivity index (χ1) is 14.2. The molecule has 1 aromatic carbocycles. The molecule has 164 valence electrons. The Hall–Kier alpha value is -1.32. The first-order valence-corrected chi connectivity index (χ1v) is 12.2. The molecule has 3 rings (SSSR count). The molecule has 1 fully saturated rings. The topological polar surface area (TPSA) is 84.3 Å². The summed E-state index contributed by atoms with van der Waals surface area (Å²) in [4.78, 5) is 12.5. The van der Waals surface area contributed by atoms with Crippen LogP contribution in [0.5, 0.6) is 0 Å². The number of amides is 1. The third-order valence-electron chi connectivity index (χ3n) is 4.94. The fourth-order valence-corrected chi connectivity index (χ4v) is 5.79. The molecule has 1 aromatic heterocycles. The summed E-state index contributed by atoms with van der Waals surface area (Å²) in [6.07, 6.45) is 4.95. The third kappa shape index (κ3) is 5.29. The van der Waals surface area contributed by atoms with E-state index in [0.717, 1.165) is 25.0 Å². The Morgan fingerprint density at radius 3 is 2.43 bits per heavy atom. The highest BCUT2D eigenvalue weighted by Gasteiger charge is 2.29. The number of halogens is 3. The van der Waals surface area contributed by atoms with Gasteiger partial charge in [0.1, 0.15) is 4.90 Å². The molecule has 11 heteroatoms. The van der Waals surface area contributed by atoms with Crippen molar-refractivity contribution < 1.29 is 13.2 Å². The van der Waals surface area contributed by atoms with Crippen LogP contribution in [0.3, 0.4) is 0 Å². The van der Waals surface area contributed by atoms with Crippen molar-refractivity contribution in [3.05, 3.63) is 44.7 Å². The minimum atomic E-state index is -3.79. The van der Waals surface area contributed by atoms with Gasteiger partial charge in [0, 0.05) is 32.4 Å². The first-order valence-electron chi connectivity index (χ1n) is 9.67. The summed E-state index contributed by atoms with van der Waals surface area (Å²) >= 11 is 18.3. The van der Waals surface area contributed by atoms with Crippen LogP contribution >= 0.6 is 34.8 Å². The lowest BCUT2D eigenvalue weighted by molar-refractivity contribution is 0.0952. The average Bonchev–Trinajstić information content (AvgIpc) is 3.03. The Morgan fingerprint density at radius 1 is 1.10 bits per heavy atom. The Labute approximate surface area is 191 Å². The van der Waals surface area contributed by atoms with Gasteiger partial charge in [-0.1, -0.05) is 41.2 Å². The van der Waals surface area contributed by atoms with Crippen molar-refractivity contribution in [2.24, 2.45) is 0 Å². The second-order valence-corrected chi connectivity index (χ2v) is 10.3. The maximum absolute atomic E-state index is 13.0. The molecule has 2 heterocycles. The minimum Gasteiger partial charge on any atom is -0.352 e. The lowest BCUT2D eigenvalue weighted by atomic mass is 10.2. The first kappa shape index (κ1) is 23.3. The van der Waals surface area contributed by atoms with Gasteiger partial charge in [0.05, 0.1) is 26.3 Å². The minimum absolute atomic E-state index is 0.00746. The number of hydrogen-bond acceptors (Lipinski definition) is 4. The normalized spacial score (nSPS) is 15.3. The van der Waals surface area contributed by atoms with Gasteiger partial charge in [0.2, 0.25) is 10.0 Å². The molecule has 1 N–H and O–H groups in total. The van der Waals surface area contributed by atoms with Gasteiger partial charge in [-0.3, -0.25) is 9.48 Å². The van der Waals surface area contributed by atoms with Crippen LogP contribution in [0.1, 0.15) is 41.7 Å². The second kappa shape index (κ2) is 9.87. The largest absolute Gasteiger partial charge is 0.352 e. The van der Waals surface area contributed by atoms with Crippen molar-refractivity contribution >= 4 is 50.7 Å². The zero-order chi connectivity index (χ0) is 21.9. The summed E-state index contributed by atoms with van der Waals surface area (Å²) in [6.45, 7) is 3.65. The molecule has 1 amide bonds. The van der Waals surface area contributed by atoms with Crippen LogP contribution in [-0.2, 0) is 16.6 Å². The van der Waals surface area contributed by atoms with E-state index in [4.69, 9.17) is 34.8 Å². The van der Waals surface area contributed by atoms with Gasteiger partial charge in [0.25, 0.3) is 5.91 Å². The van der Waals surface area contributed by atoms with Gasteiger partial charge >= 0.3 is 0 Å². The Balaban J connectivity index is 1.68. The summed E-state index contributed by atoms with van der Waals surface area (Å²) in [5, 5.41) is 7.72. The van der Waals surface area contributed by atoms with E-state index in [2.05, 4.69) is 10.4 Å². The highest BCUT2D eigenvalue weighted by atomic mass is 35.5. The molecule has 1 saturated heterocycles. The number of sulfonamides is 1. The van der Waals surface area contributed by atoms with Crippen molar-refractivity contribution in [2.45, 2.75) is 44.0 Å². The van der Waals surface area contributed by atoms with Crippen molar-refractivity contribution in [2.75, 3.05) is 19.6 Å². The Bertz CT molecular complexity index is 1010. The van der Waals surface area contributed by atoms with Gasteiger partial charge in [-0.05, 0) is 38.3 Å². The summed E-state index contributed by atoms with van der Waals surface area (Å²) in [5.41, 5.74) is 0.825. The van der Waals surface area contributed by atoms with Crippen LogP contribution in [0.15, 0.2) is 23.2 Å². The summed E-state index contributed by atoms with van der Waals surface area (Å²) < 4.78 is 29.1. The van der Waals surface area contributed by atoms with E-state index in [0.29, 0.717) is 37.6 Å². The summed E-state index contributed by atoms with van der Waals surface area (Å²) in [7, 11) is -3.79. The van der Waals surface area contributed by atoms with Crippen molar-refractivity contribution in [1.29, 1.82) is 0 Å². The van der Waals surface area contributed by atoms with E-state index in [1.54, 1.807) is 10.9 Å². The van der Waals surface area contributed by atoms with Crippen LogP contribution in [0, 0.1) is 6.92 Å². The predicted octanol–water partition coefficient (Wildman–Crippen LogP) is 4.15. The van der Waals surface area contributed by atoms with E-state index in [9.17, 15) is 13.2 Å². The number of aryl methyl sites for hydroxylation is 2. The fraction of sp³-hybridized carbons (Fsp3) is 0.474. The maximum atomic E-state index is 13.0. The molecule has 1 aliphatic rings. The smallest absolute Gasteiger partial charge is 0.252 e. The monoisotopic (exact) mass is 492 g/mol. The van der Waals surface area contributed by atoms with Gasteiger partial charge < -0.3 is 5.32 Å². The van der Waals surface area contributed by atoms with Crippen molar-refractivity contribution in [1.82, 2.24) is 19.4 Å².